The van der Waals surface area contributed by atoms with E-state index < -0.39 is 0 Å². The third kappa shape index (κ3) is 4.45. The van der Waals surface area contributed by atoms with Crippen LogP contribution in [-0.4, -0.2) is 37.3 Å². The quantitative estimate of drug-likeness (QED) is 0.869. The van der Waals surface area contributed by atoms with Crippen LogP contribution in [0.2, 0.25) is 0 Å². The molecule has 1 aromatic rings. The zero-order chi connectivity index (χ0) is 16.2. The van der Waals surface area contributed by atoms with Crippen molar-refractivity contribution in [2.24, 2.45) is 5.92 Å². The first-order chi connectivity index (χ1) is 9.72. The van der Waals surface area contributed by atoms with E-state index in [1.54, 1.807) is 0 Å². The smallest absolute Gasteiger partial charge is 0.123 e. The SMILES string of the molecule is CCOc1ccc(C(C(C)CO)N(C)C)cc1C(C)(C)C. The number of aliphatic hydroxyl groups excluding tert-OH is 1. The van der Waals surface area contributed by atoms with Gasteiger partial charge in [0.2, 0.25) is 0 Å². The van der Waals surface area contributed by atoms with Gasteiger partial charge in [0.25, 0.3) is 0 Å². The molecule has 0 spiro atoms. The molecule has 0 aromatic heterocycles. The van der Waals surface area contributed by atoms with E-state index in [0.717, 1.165) is 5.75 Å². The third-order valence-corrected chi connectivity index (χ3v) is 3.84. The van der Waals surface area contributed by atoms with Crippen LogP contribution in [0.5, 0.6) is 5.75 Å². The van der Waals surface area contributed by atoms with Crippen molar-refractivity contribution >= 4 is 0 Å². The molecule has 2 unspecified atom stereocenters. The summed E-state index contributed by atoms with van der Waals surface area (Å²) in [4.78, 5) is 2.17. The summed E-state index contributed by atoms with van der Waals surface area (Å²) >= 11 is 0. The molecule has 0 saturated carbocycles. The lowest BCUT2D eigenvalue weighted by Gasteiger charge is -2.31. The zero-order valence-electron chi connectivity index (χ0n) is 14.6. The van der Waals surface area contributed by atoms with Gasteiger partial charge in [-0.25, -0.2) is 0 Å². The van der Waals surface area contributed by atoms with Crippen LogP contribution in [0.1, 0.15) is 51.8 Å². The van der Waals surface area contributed by atoms with Crippen molar-refractivity contribution in [1.82, 2.24) is 4.90 Å². The fourth-order valence-corrected chi connectivity index (χ4v) is 2.83. The molecule has 1 N–H and O–H groups in total. The molecule has 0 amide bonds. The van der Waals surface area contributed by atoms with Gasteiger partial charge >= 0.3 is 0 Å². The first-order valence-electron chi connectivity index (χ1n) is 7.76. The summed E-state index contributed by atoms with van der Waals surface area (Å²) in [5.41, 5.74) is 2.48. The lowest BCUT2D eigenvalue weighted by Crippen LogP contribution is -2.28. The normalized spacial score (nSPS) is 15.1. The Labute approximate surface area is 129 Å². The van der Waals surface area contributed by atoms with Gasteiger partial charge in [-0.2, -0.15) is 0 Å². The summed E-state index contributed by atoms with van der Waals surface area (Å²) < 4.78 is 5.78. The summed E-state index contributed by atoms with van der Waals surface area (Å²) in [6.45, 7) is 11.6. The predicted octanol–water partition coefficient (Wildman–Crippen LogP) is 3.61. The number of nitrogens with zero attached hydrogens (tertiary/aromatic N) is 1. The average Bonchev–Trinajstić information content (AvgIpc) is 2.39. The van der Waals surface area contributed by atoms with E-state index in [0.29, 0.717) is 6.61 Å². The maximum Gasteiger partial charge on any atom is 0.123 e. The van der Waals surface area contributed by atoms with Crippen LogP contribution in [0.4, 0.5) is 0 Å². The largest absolute Gasteiger partial charge is 0.494 e. The van der Waals surface area contributed by atoms with Gasteiger partial charge < -0.3 is 14.7 Å². The average molecular weight is 293 g/mol. The Balaban J connectivity index is 3.31. The topological polar surface area (TPSA) is 32.7 Å². The highest BCUT2D eigenvalue weighted by atomic mass is 16.5. The molecule has 0 heterocycles. The van der Waals surface area contributed by atoms with Gasteiger partial charge in [0.05, 0.1) is 6.61 Å². The van der Waals surface area contributed by atoms with Crippen LogP contribution in [0.3, 0.4) is 0 Å². The van der Waals surface area contributed by atoms with E-state index in [9.17, 15) is 5.11 Å². The Morgan fingerprint density at radius 2 is 1.86 bits per heavy atom. The molecule has 3 heteroatoms. The Morgan fingerprint density at radius 1 is 1.24 bits per heavy atom. The molecule has 120 valence electrons. The van der Waals surface area contributed by atoms with Gasteiger partial charge in [-0.15, -0.1) is 0 Å². The summed E-state index contributed by atoms with van der Waals surface area (Å²) in [5.74, 6) is 1.15. The van der Waals surface area contributed by atoms with Crippen molar-refractivity contribution in [2.45, 2.75) is 46.1 Å². The number of benzene rings is 1. The van der Waals surface area contributed by atoms with E-state index >= 15 is 0 Å². The highest BCUT2D eigenvalue weighted by Crippen LogP contribution is 2.36. The standard InChI is InChI=1S/C18H31NO2/c1-8-21-16-10-9-14(11-15(16)18(3,4)5)17(19(6)7)13(2)12-20/h9-11,13,17,20H,8,12H2,1-7H3. The first kappa shape index (κ1) is 18.0. The van der Waals surface area contributed by atoms with Gasteiger partial charge in [0.15, 0.2) is 0 Å². The van der Waals surface area contributed by atoms with Gasteiger partial charge in [-0.05, 0) is 55.6 Å². The van der Waals surface area contributed by atoms with Crippen LogP contribution in [0.15, 0.2) is 18.2 Å². The maximum atomic E-state index is 9.53. The van der Waals surface area contributed by atoms with Crippen molar-refractivity contribution in [3.63, 3.8) is 0 Å². The van der Waals surface area contributed by atoms with Crippen molar-refractivity contribution in [3.8, 4) is 5.75 Å². The second-order valence-electron chi connectivity index (χ2n) is 7.01. The van der Waals surface area contributed by atoms with Crippen molar-refractivity contribution in [1.29, 1.82) is 0 Å². The number of ether oxygens (including phenoxy) is 1. The number of hydrogen-bond acceptors (Lipinski definition) is 3. The van der Waals surface area contributed by atoms with E-state index in [1.165, 1.54) is 11.1 Å². The summed E-state index contributed by atoms with van der Waals surface area (Å²) in [7, 11) is 4.12. The van der Waals surface area contributed by atoms with Gasteiger partial charge in [-0.3, -0.25) is 0 Å². The van der Waals surface area contributed by atoms with Crippen molar-refractivity contribution in [2.75, 3.05) is 27.3 Å². The minimum absolute atomic E-state index is 0.0276. The zero-order valence-corrected chi connectivity index (χ0v) is 14.6. The maximum absolute atomic E-state index is 9.53. The van der Waals surface area contributed by atoms with E-state index in [-0.39, 0.29) is 24.0 Å². The molecule has 2 atom stereocenters. The molecule has 3 nitrogen and oxygen atoms in total. The van der Waals surface area contributed by atoms with E-state index in [1.807, 2.05) is 6.92 Å². The fourth-order valence-electron chi connectivity index (χ4n) is 2.83. The van der Waals surface area contributed by atoms with Gasteiger partial charge in [-0.1, -0.05) is 33.8 Å². The molecular weight excluding hydrogens is 262 g/mol. The van der Waals surface area contributed by atoms with Crippen LogP contribution in [0.25, 0.3) is 0 Å². The second-order valence-corrected chi connectivity index (χ2v) is 7.01. The Bertz CT molecular complexity index is 449. The lowest BCUT2D eigenvalue weighted by atomic mass is 9.83. The molecule has 21 heavy (non-hydrogen) atoms. The Morgan fingerprint density at radius 3 is 2.29 bits per heavy atom. The Kier molecular flexibility index (Phi) is 6.24. The number of aliphatic hydroxyl groups is 1. The van der Waals surface area contributed by atoms with Crippen LogP contribution >= 0.6 is 0 Å². The molecule has 1 aromatic carbocycles. The third-order valence-electron chi connectivity index (χ3n) is 3.84. The molecular formula is C18H31NO2. The van der Waals surface area contributed by atoms with Crippen LogP contribution in [0, 0.1) is 5.92 Å². The van der Waals surface area contributed by atoms with Crippen LogP contribution in [-0.2, 0) is 5.41 Å². The number of rotatable bonds is 6. The second kappa shape index (κ2) is 7.28. The van der Waals surface area contributed by atoms with Crippen molar-refractivity contribution in [3.05, 3.63) is 29.3 Å². The molecule has 0 aliphatic heterocycles. The highest BCUT2D eigenvalue weighted by molar-refractivity contribution is 5.42. The van der Waals surface area contributed by atoms with Gasteiger partial charge in [0, 0.05) is 12.6 Å². The summed E-state index contributed by atoms with van der Waals surface area (Å²) in [6, 6.07) is 6.63. The molecule has 0 aliphatic rings. The molecule has 1 rings (SSSR count). The van der Waals surface area contributed by atoms with E-state index in [2.05, 4.69) is 64.9 Å². The highest BCUT2D eigenvalue weighted by Gasteiger charge is 2.25. The molecule has 0 radical (unpaired) electrons. The number of hydrogen-bond donors (Lipinski definition) is 1. The minimum atomic E-state index is 0.0276. The molecule has 0 fully saturated rings. The predicted molar refractivity (Wildman–Crippen MR) is 89.0 cm³/mol. The first-order valence-corrected chi connectivity index (χ1v) is 7.76. The summed E-state index contributed by atoms with van der Waals surface area (Å²) in [6.07, 6.45) is 0. The lowest BCUT2D eigenvalue weighted by molar-refractivity contribution is 0.145. The summed E-state index contributed by atoms with van der Waals surface area (Å²) in [5, 5.41) is 9.53. The molecule has 0 aliphatic carbocycles. The van der Waals surface area contributed by atoms with E-state index in [4.69, 9.17) is 4.74 Å². The van der Waals surface area contributed by atoms with Crippen molar-refractivity contribution < 1.29 is 9.84 Å². The minimum Gasteiger partial charge on any atom is -0.494 e. The van der Waals surface area contributed by atoms with Gasteiger partial charge in [0.1, 0.15) is 5.75 Å². The monoisotopic (exact) mass is 293 g/mol. The van der Waals surface area contributed by atoms with Crippen LogP contribution < -0.4 is 4.74 Å². The fraction of sp³-hybridized carbons (Fsp3) is 0.667. The Hall–Kier alpha value is -1.06. The molecule has 0 saturated heterocycles. The molecule has 0 bridgehead atoms.